The van der Waals surface area contributed by atoms with Gasteiger partial charge < -0.3 is 10.2 Å². The highest BCUT2D eigenvalue weighted by atomic mass is 16.2. The van der Waals surface area contributed by atoms with Crippen molar-refractivity contribution in [2.45, 2.75) is 25.3 Å². The van der Waals surface area contributed by atoms with E-state index in [2.05, 4.69) is 47.8 Å². The first kappa shape index (κ1) is 14.1. The van der Waals surface area contributed by atoms with Crippen molar-refractivity contribution in [3.63, 3.8) is 0 Å². The molecular weight excluding hydrogens is 260 g/mol. The standard InChI is InChI=1S/C18H22N2O/c1-20(18(21)17-10-5-12-19-17)13-11-15-8-4-7-14-6-2-3-9-16(14)15/h2-4,6-9,17,19H,5,10-13H2,1H3. The molecule has 1 aliphatic heterocycles. The normalized spacial score (nSPS) is 18.0. The molecule has 2 aromatic rings. The molecule has 0 radical (unpaired) electrons. The van der Waals surface area contributed by atoms with Crippen LogP contribution in [0.15, 0.2) is 42.5 Å². The van der Waals surface area contributed by atoms with Crippen molar-refractivity contribution in [3.8, 4) is 0 Å². The van der Waals surface area contributed by atoms with Crippen LogP contribution >= 0.6 is 0 Å². The zero-order chi connectivity index (χ0) is 14.7. The second-order valence-electron chi connectivity index (χ2n) is 5.80. The Bertz CT molecular complexity index is 627. The summed E-state index contributed by atoms with van der Waals surface area (Å²) in [6, 6.07) is 14.9. The number of nitrogens with one attached hydrogen (secondary N) is 1. The fraction of sp³-hybridized carbons (Fsp3) is 0.389. The average molecular weight is 282 g/mol. The first-order valence-electron chi connectivity index (χ1n) is 7.71. The van der Waals surface area contributed by atoms with Crippen LogP contribution in [0.1, 0.15) is 18.4 Å². The Morgan fingerprint density at radius 3 is 2.86 bits per heavy atom. The fourth-order valence-electron chi connectivity index (χ4n) is 3.07. The minimum Gasteiger partial charge on any atom is -0.344 e. The number of carbonyl (C=O) groups excluding carboxylic acids is 1. The largest absolute Gasteiger partial charge is 0.344 e. The van der Waals surface area contributed by atoms with Gasteiger partial charge >= 0.3 is 0 Å². The van der Waals surface area contributed by atoms with Crippen LogP contribution < -0.4 is 5.32 Å². The number of fused-ring (bicyclic) bond motifs is 1. The van der Waals surface area contributed by atoms with E-state index in [-0.39, 0.29) is 11.9 Å². The number of rotatable bonds is 4. The molecule has 1 saturated heterocycles. The molecule has 1 fully saturated rings. The maximum atomic E-state index is 12.3. The Hall–Kier alpha value is -1.87. The summed E-state index contributed by atoms with van der Waals surface area (Å²) < 4.78 is 0. The third kappa shape index (κ3) is 3.08. The van der Waals surface area contributed by atoms with Gasteiger partial charge in [0.15, 0.2) is 0 Å². The Kier molecular flexibility index (Phi) is 4.20. The lowest BCUT2D eigenvalue weighted by Crippen LogP contribution is -2.42. The molecule has 1 unspecified atom stereocenters. The van der Waals surface area contributed by atoms with E-state index in [1.807, 2.05) is 11.9 Å². The van der Waals surface area contributed by atoms with Crippen LogP contribution in [0.25, 0.3) is 10.8 Å². The second kappa shape index (κ2) is 6.27. The molecule has 0 saturated carbocycles. The van der Waals surface area contributed by atoms with Crippen LogP contribution in [0.5, 0.6) is 0 Å². The van der Waals surface area contributed by atoms with E-state index >= 15 is 0 Å². The number of likely N-dealkylation sites (N-methyl/N-ethyl adjacent to an activating group) is 1. The Morgan fingerprint density at radius 2 is 2.05 bits per heavy atom. The Morgan fingerprint density at radius 1 is 1.24 bits per heavy atom. The lowest BCUT2D eigenvalue weighted by Gasteiger charge is -2.21. The summed E-state index contributed by atoms with van der Waals surface area (Å²) in [5, 5.41) is 5.83. The van der Waals surface area contributed by atoms with Crippen LogP contribution in [0, 0.1) is 0 Å². The lowest BCUT2D eigenvalue weighted by molar-refractivity contribution is -0.131. The van der Waals surface area contributed by atoms with Gasteiger partial charge in [-0.2, -0.15) is 0 Å². The van der Waals surface area contributed by atoms with Crippen molar-refractivity contribution < 1.29 is 4.79 Å². The van der Waals surface area contributed by atoms with Crippen molar-refractivity contribution in [1.82, 2.24) is 10.2 Å². The molecule has 0 spiro atoms. The number of carbonyl (C=O) groups is 1. The molecule has 2 aromatic carbocycles. The van der Waals surface area contributed by atoms with E-state index in [0.29, 0.717) is 0 Å². The van der Waals surface area contributed by atoms with Crippen molar-refractivity contribution in [1.29, 1.82) is 0 Å². The zero-order valence-electron chi connectivity index (χ0n) is 12.5. The molecule has 1 aliphatic rings. The minimum atomic E-state index is 0.0301. The van der Waals surface area contributed by atoms with Crippen LogP contribution in [0.4, 0.5) is 0 Å². The molecule has 1 amide bonds. The highest BCUT2D eigenvalue weighted by Crippen LogP contribution is 2.19. The summed E-state index contributed by atoms with van der Waals surface area (Å²) in [6.45, 7) is 1.73. The third-order valence-electron chi connectivity index (χ3n) is 4.33. The monoisotopic (exact) mass is 282 g/mol. The van der Waals surface area contributed by atoms with Crippen molar-refractivity contribution in [2.75, 3.05) is 20.1 Å². The van der Waals surface area contributed by atoms with Crippen molar-refractivity contribution >= 4 is 16.7 Å². The van der Waals surface area contributed by atoms with Gasteiger partial charge in [0.2, 0.25) is 5.91 Å². The zero-order valence-corrected chi connectivity index (χ0v) is 12.5. The van der Waals surface area contributed by atoms with Gasteiger partial charge in [0.05, 0.1) is 6.04 Å². The summed E-state index contributed by atoms with van der Waals surface area (Å²) in [4.78, 5) is 14.2. The van der Waals surface area contributed by atoms with E-state index in [1.54, 1.807) is 0 Å². The van der Waals surface area contributed by atoms with Gasteiger partial charge in [0.25, 0.3) is 0 Å². The molecule has 3 heteroatoms. The number of nitrogens with zero attached hydrogens (tertiary/aromatic N) is 1. The van der Waals surface area contributed by atoms with Crippen LogP contribution in [0.2, 0.25) is 0 Å². The number of hydrogen-bond donors (Lipinski definition) is 1. The molecule has 0 aliphatic carbocycles. The summed E-state index contributed by atoms with van der Waals surface area (Å²) >= 11 is 0. The molecule has 1 heterocycles. The Balaban J connectivity index is 1.67. The van der Waals surface area contributed by atoms with Gasteiger partial charge in [-0.15, -0.1) is 0 Å². The quantitative estimate of drug-likeness (QED) is 0.935. The highest BCUT2D eigenvalue weighted by molar-refractivity contribution is 5.86. The van der Waals surface area contributed by atoms with Crippen LogP contribution in [0.3, 0.4) is 0 Å². The van der Waals surface area contributed by atoms with Gasteiger partial charge in [-0.05, 0) is 42.1 Å². The highest BCUT2D eigenvalue weighted by Gasteiger charge is 2.24. The molecular formula is C18H22N2O. The van der Waals surface area contributed by atoms with E-state index in [9.17, 15) is 4.79 Å². The van der Waals surface area contributed by atoms with Crippen LogP contribution in [-0.4, -0.2) is 37.0 Å². The predicted octanol–water partition coefficient (Wildman–Crippen LogP) is 2.59. The Labute approximate surface area is 125 Å². The summed E-state index contributed by atoms with van der Waals surface area (Å²) in [5.41, 5.74) is 1.31. The van der Waals surface area contributed by atoms with Gasteiger partial charge in [-0.3, -0.25) is 4.79 Å². The molecule has 110 valence electrons. The third-order valence-corrected chi connectivity index (χ3v) is 4.33. The van der Waals surface area contributed by atoms with E-state index in [1.165, 1.54) is 16.3 Å². The molecule has 1 N–H and O–H groups in total. The summed E-state index contributed by atoms with van der Waals surface area (Å²) in [5.74, 6) is 0.229. The molecule has 3 nitrogen and oxygen atoms in total. The molecule has 1 atom stereocenters. The lowest BCUT2D eigenvalue weighted by atomic mass is 10.0. The van der Waals surface area contributed by atoms with Gasteiger partial charge in [0.1, 0.15) is 0 Å². The summed E-state index contributed by atoms with van der Waals surface area (Å²) in [6.07, 6.45) is 2.97. The van der Waals surface area contributed by atoms with Crippen molar-refractivity contribution in [2.24, 2.45) is 0 Å². The molecule has 0 bridgehead atoms. The van der Waals surface area contributed by atoms with E-state index in [0.717, 1.165) is 32.4 Å². The average Bonchev–Trinajstić information content (AvgIpc) is 3.06. The van der Waals surface area contributed by atoms with E-state index in [4.69, 9.17) is 0 Å². The second-order valence-corrected chi connectivity index (χ2v) is 5.80. The maximum Gasteiger partial charge on any atom is 0.239 e. The van der Waals surface area contributed by atoms with Gasteiger partial charge in [0, 0.05) is 13.6 Å². The predicted molar refractivity (Wildman–Crippen MR) is 86.3 cm³/mol. The molecule has 3 rings (SSSR count). The molecule has 0 aromatic heterocycles. The van der Waals surface area contributed by atoms with Crippen LogP contribution in [-0.2, 0) is 11.2 Å². The van der Waals surface area contributed by atoms with Gasteiger partial charge in [-0.25, -0.2) is 0 Å². The molecule has 21 heavy (non-hydrogen) atoms. The minimum absolute atomic E-state index is 0.0301. The number of amides is 1. The smallest absolute Gasteiger partial charge is 0.239 e. The first-order valence-corrected chi connectivity index (χ1v) is 7.71. The fourth-order valence-corrected chi connectivity index (χ4v) is 3.07. The topological polar surface area (TPSA) is 32.3 Å². The first-order chi connectivity index (χ1) is 10.3. The maximum absolute atomic E-state index is 12.3. The van der Waals surface area contributed by atoms with Crippen molar-refractivity contribution in [3.05, 3.63) is 48.0 Å². The summed E-state index contributed by atoms with van der Waals surface area (Å²) in [7, 11) is 1.91. The number of hydrogen-bond acceptors (Lipinski definition) is 2. The number of benzene rings is 2. The van der Waals surface area contributed by atoms with Gasteiger partial charge in [-0.1, -0.05) is 42.5 Å². The van der Waals surface area contributed by atoms with E-state index < -0.39 is 0 Å². The SMILES string of the molecule is CN(CCc1cccc2ccccc12)C(=O)C1CCCN1.